The number of methoxy groups -OCH3 is 2. The van der Waals surface area contributed by atoms with Crippen molar-refractivity contribution in [2.75, 3.05) is 14.2 Å². The monoisotopic (exact) mass is 281 g/mol. The van der Waals surface area contributed by atoms with Crippen LogP contribution in [0.3, 0.4) is 0 Å². The van der Waals surface area contributed by atoms with Gasteiger partial charge in [0.05, 0.1) is 12.1 Å². The number of halogens is 3. The summed E-state index contributed by atoms with van der Waals surface area (Å²) in [6, 6.07) is 2.34. The van der Waals surface area contributed by atoms with Gasteiger partial charge in [0.2, 0.25) is 11.9 Å². The Morgan fingerprint density at radius 3 is 2.37 bits per heavy atom. The lowest BCUT2D eigenvalue weighted by Crippen LogP contribution is -2.46. The van der Waals surface area contributed by atoms with Gasteiger partial charge < -0.3 is 19.6 Å². The maximum atomic E-state index is 13.0. The third-order valence-corrected chi connectivity index (χ3v) is 2.63. The minimum absolute atomic E-state index is 0.515. The Hall–Kier alpha value is -1.38. The number of carbonyl (C=O) groups is 1. The summed E-state index contributed by atoms with van der Waals surface area (Å²) in [4.78, 5) is 13.9. The van der Waals surface area contributed by atoms with Crippen LogP contribution in [-0.2, 0) is 19.9 Å². The minimum Gasteiger partial charge on any atom is -0.375 e. The van der Waals surface area contributed by atoms with Gasteiger partial charge in [0.1, 0.15) is 0 Å². The summed E-state index contributed by atoms with van der Waals surface area (Å²) in [5.41, 5.74) is -3.82. The normalized spacial score (nSPS) is 15.5. The van der Waals surface area contributed by atoms with Crippen molar-refractivity contribution in [3.05, 3.63) is 24.0 Å². The molecular weight excluding hydrogens is 267 g/mol. The third kappa shape index (κ3) is 3.14. The summed E-state index contributed by atoms with van der Waals surface area (Å²) in [7, 11) is 2.24. The molecule has 0 fully saturated rings. The van der Waals surface area contributed by atoms with Crippen molar-refractivity contribution in [2.24, 2.45) is 0 Å². The molecule has 8 heteroatoms. The molecule has 0 bridgehead atoms. The molecule has 2 N–H and O–H groups in total. The van der Waals surface area contributed by atoms with Crippen LogP contribution in [0.5, 0.6) is 0 Å². The molecule has 0 amide bonds. The van der Waals surface area contributed by atoms with Gasteiger partial charge in [0, 0.05) is 20.4 Å². The van der Waals surface area contributed by atoms with Crippen LogP contribution in [0, 0.1) is 0 Å². The summed E-state index contributed by atoms with van der Waals surface area (Å²) in [5.74, 6) is -1.01. The minimum atomic E-state index is -5.01. The Balaban J connectivity index is 3.04. The Labute approximate surface area is 107 Å². The van der Waals surface area contributed by atoms with Crippen LogP contribution >= 0.6 is 0 Å². The van der Waals surface area contributed by atoms with Crippen molar-refractivity contribution >= 4 is 5.78 Å². The van der Waals surface area contributed by atoms with Gasteiger partial charge in [-0.2, -0.15) is 13.2 Å². The van der Waals surface area contributed by atoms with E-state index in [0.29, 0.717) is 0 Å². The van der Waals surface area contributed by atoms with E-state index in [0.717, 1.165) is 20.3 Å². The van der Waals surface area contributed by atoms with Crippen LogP contribution in [-0.4, -0.2) is 42.6 Å². The van der Waals surface area contributed by atoms with Gasteiger partial charge in [-0.25, -0.2) is 0 Å². The number of hydrogen-bond acceptors (Lipinski definition) is 4. The van der Waals surface area contributed by atoms with Crippen molar-refractivity contribution in [1.29, 1.82) is 0 Å². The van der Waals surface area contributed by atoms with Gasteiger partial charge in [-0.1, -0.05) is 0 Å². The third-order valence-electron chi connectivity index (χ3n) is 2.63. The SMILES string of the molecule is COC(OC)C(=O)C[C@](O)(c1ccc[nH]1)C(F)(F)F. The van der Waals surface area contributed by atoms with E-state index in [4.69, 9.17) is 0 Å². The molecule has 1 atom stereocenters. The fourth-order valence-electron chi connectivity index (χ4n) is 1.63. The smallest absolute Gasteiger partial charge is 0.375 e. The van der Waals surface area contributed by atoms with E-state index >= 15 is 0 Å². The van der Waals surface area contributed by atoms with E-state index in [-0.39, 0.29) is 0 Å². The van der Waals surface area contributed by atoms with Gasteiger partial charge in [-0.3, -0.25) is 4.79 Å². The molecule has 0 aromatic carbocycles. The fourth-order valence-corrected chi connectivity index (χ4v) is 1.63. The molecule has 0 radical (unpaired) electrons. The Morgan fingerprint density at radius 2 is 2.00 bits per heavy atom. The number of alkyl halides is 3. The molecule has 0 unspecified atom stereocenters. The lowest BCUT2D eigenvalue weighted by molar-refractivity contribution is -0.270. The predicted octanol–water partition coefficient (Wildman–Crippen LogP) is 1.34. The number of nitrogens with one attached hydrogen (secondary N) is 1. The zero-order valence-electron chi connectivity index (χ0n) is 10.3. The first kappa shape index (κ1) is 15.7. The summed E-state index contributed by atoms with van der Waals surface area (Å²) >= 11 is 0. The van der Waals surface area contributed by atoms with Crippen molar-refractivity contribution in [3.8, 4) is 0 Å². The number of aromatic nitrogens is 1. The van der Waals surface area contributed by atoms with E-state index < -0.39 is 36.0 Å². The number of aromatic amines is 1. The average molecular weight is 281 g/mol. The van der Waals surface area contributed by atoms with Crippen LogP contribution in [0.2, 0.25) is 0 Å². The second kappa shape index (κ2) is 5.72. The molecule has 0 aliphatic rings. The molecular formula is C11H14F3NO4. The van der Waals surface area contributed by atoms with Crippen molar-refractivity contribution in [2.45, 2.75) is 24.5 Å². The molecule has 1 heterocycles. The van der Waals surface area contributed by atoms with Crippen LogP contribution < -0.4 is 0 Å². The standard InChI is InChI=1S/C11H14F3NO4/c1-18-9(19-2)7(16)6-10(17,11(12,13)14)8-4-3-5-15-8/h3-5,9,15,17H,6H2,1-2H3/t10-/m0/s1. The van der Waals surface area contributed by atoms with E-state index in [2.05, 4.69) is 14.5 Å². The van der Waals surface area contributed by atoms with E-state index in [1.54, 1.807) is 0 Å². The molecule has 5 nitrogen and oxygen atoms in total. The zero-order chi connectivity index (χ0) is 14.7. The van der Waals surface area contributed by atoms with Gasteiger partial charge in [0.25, 0.3) is 0 Å². The second-order valence-corrected chi connectivity index (χ2v) is 3.89. The predicted molar refractivity (Wildman–Crippen MR) is 58.2 cm³/mol. The molecule has 0 saturated carbocycles. The highest BCUT2D eigenvalue weighted by Crippen LogP contribution is 2.41. The van der Waals surface area contributed by atoms with Gasteiger partial charge in [0.15, 0.2) is 5.78 Å². The van der Waals surface area contributed by atoms with E-state index in [1.165, 1.54) is 12.3 Å². The van der Waals surface area contributed by atoms with Gasteiger partial charge >= 0.3 is 6.18 Å². The topological polar surface area (TPSA) is 71.6 Å². The molecule has 1 aromatic rings. The molecule has 1 rings (SSSR count). The first-order chi connectivity index (χ1) is 8.76. The van der Waals surface area contributed by atoms with Crippen LogP contribution in [0.15, 0.2) is 18.3 Å². The number of rotatable bonds is 6. The quantitative estimate of drug-likeness (QED) is 0.772. The molecule has 19 heavy (non-hydrogen) atoms. The first-order valence-corrected chi connectivity index (χ1v) is 5.27. The van der Waals surface area contributed by atoms with Gasteiger partial charge in [-0.05, 0) is 12.1 Å². The Bertz CT molecular complexity index is 414. The fraction of sp³-hybridized carbons (Fsp3) is 0.545. The zero-order valence-corrected chi connectivity index (χ0v) is 10.3. The summed E-state index contributed by atoms with van der Waals surface area (Å²) in [5, 5.41) is 9.83. The molecule has 108 valence electrons. The molecule has 0 saturated heterocycles. The maximum absolute atomic E-state index is 13.0. The Kier molecular flexibility index (Phi) is 4.72. The summed E-state index contributed by atoms with van der Waals surface area (Å²) in [6.07, 6.45) is -6.45. The molecule has 0 aliphatic carbocycles. The van der Waals surface area contributed by atoms with E-state index in [9.17, 15) is 23.1 Å². The number of H-pyrrole nitrogens is 1. The number of Topliss-reactive ketones (excluding diaryl/α,β-unsaturated/α-hetero) is 1. The number of aliphatic hydroxyl groups is 1. The Morgan fingerprint density at radius 1 is 1.42 bits per heavy atom. The number of ketones is 1. The van der Waals surface area contributed by atoms with Crippen molar-refractivity contribution < 1.29 is 32.5 Å². The average Bonchev–Trinajstić information content (AvgIpc) is 2.82. The first-order valence-electron chi connectivity index (χ1n) is 5.27. The number of hydrogen-bond donors (Lipinski definition) is 2. The van der Waals surface area contributed by atoms with Crippen molar-refractivity contribution in [3.63, 3.8) is 0 Å². The lowest BCUT2D eigenvalue weighted by Gasteiger charge is -2.30. The number of ether oxygens (including phenoxy) is 2. The van der Waals surface area contributed by atoms with Crippen molar-refractivity contribution in [1.82, 2.24) is 4.98 Å². The van der Waals surface area contributed by atoms with E-state index in [1.807, 2.05) is 0 Å². The van der Waals surface area contributed by atoms with Crippen LogP contribution in [0.25, 0.3) is 0 Å². The highest BCUT2D eigenvalue weighted by atomic mass is 19.4. The summed E-state index contributed by atoms with van der Waals surface area (Å²) < 4.78 is 48.1. The molecule has 0 aliphatic heterocycles. The molecule has 1 aromatic heterocycles. The second-order valence-electron chi connectivity index (χ2n) is 3.89. The highest BCUT2D eigenvalue weighted by Gasteiger charge is 2.57. The number of carbonyl (C=O) groups excluding carboxylic acids is 1. The highest BCUT2D eigenvalue weighted by molar-refractivity contribution is 5.83. The van der Waals surface area contributed by atoms with Crippen LogP contribution in [0.1, 0.15) is 12.1 Å². The summed E-state index contributed by atoms with van der Waals surface area (Å²) in [6.45, 7) is 0. The molecule has 0 spiro atoms. The maximum Gasteiger partial charge on any atom is 0.423 e. The lowest BCUT2D eigenvalue weighted by atomic mass is 9.92. The van der Waals surface area contributed by atoms with Gasteiger partial charge in [-0.15, -0.1) is 0 Å². The largest absolute Gasteiger partial charge is 0.423 e. The van der Waals surface area contributed by atoms with Crippen LogP contribution in [0.4, 0.5) is 13.2 Å².